The van der Waals surface area contributed by atoms with Gasteiger partial charge in [-0.3, -0.25) is 10.1 Å². The van der Waals surface area contributed by atoms with Gasteiger partial charge in [-0.15, -0.1) is 0 Å². The van der Waals surface area contributed by atoms with Crippen LogP contribution in [0.1, 0.15) is 17.2 Å². The Kier molecular flexibility index (Phi) is 5.91. The molecule has 0 unspecified atom stereocenters. The summed E-state index contributed by atoms with van der Waals surface area (Å²) in [5.41, 5.74) is 7.66. The fraction of sp³-hybridized carbons (Fsp3) is 0.0909. The third-order valence-corrected chi connectivity index (χ3v) is 4.06. The Balaban J connectivity index is 1.74. The summed E-state index contributed by atoms with van der Waals surface area (Å²) in [5.74, 6) is 0.889. The van der Waals surface area contributed by atoms with Crippen molar-refractivity contribution in [2.75, 3.05) is 5.32 Å². The zero-order valence-electron chi connectivity index (χ0n) is 15.4. The second kappa shape index (κ2) is 8.73. The molecular formula is C22H21N3O3. The van der Waals surface area contributed by atoms with Crippen LogP contribution < -0.4 is 21.1 Å². The Morgan fingerprint density at radius 2 is 1.43 bits per heavy atom. The minimum atomic E-state index is -0.894. The fourth-order valence-corrected chi connectivity index (χ4v) is 2.67. The first-order chi connectivity index (χ1) is 13.5. The van der Waals surface area contributed by atoms with Crippen LogP contribution in [-0.2, 0) is 4.79 Å². The van der Waals surface area contributed by atoms with Gasteiger partial charge in [0.1, 0.15) is 17.5 Å². The number of ether oxygens (including phenoxy) is 1. The molecule has 3 aromatic rings. The highest BCUT2D eigenvalue weighted by atomic mass is 16.5. The Morgan fingerprint density at radius 1 is 0.857 bits per heavy atom. The van der Waals surface area contributed by atoms with Crippen molar-refractivity contribution in [2.45, 2.75) is 13.0 Å². The number of hydrogen-bond donors (Lipinski definition) is 3. The first-order valence-electron chi connectivity index (χ1n) is 8.77. The highest BCUT2D eigenvalue weighted by Crippen LogP contribution is 2.25. The Bertz CT molecular complexity index is 939. The van der Waals surface area contributed by atoms with Gasteiger partial charge in [0.25, 0.3) is 5.91 Å². The topological polar surface area (TPSA) is 93.4 Å². The molecule has 3 rings (SSSR count). The van der Waals surface area contributed by atoms with Crippen molar-refractivity contribution in [1.82, 2.24) is 5.32 Å². The van der Waals surface area contributed by atoms with Gasteiger partial charge >= 0.3 is 6.03 Å². The molecule has 0 heterocycles. The lowest BCUT2D eigenvalue weighted by molar-refractivity contribution is -0.120. The number of nitrogens with two attached hydrogens (primary N) is 1. The van der Waals surface area contributed by atoms with Crippen LogP contribution >= 0.6 is 0 Å². The molecule has 0 spiro atoms. The molecule has 3 amide bonds. The van der Waals surface area contributed by atoms with E-state index in [9.17, 15) is 9.59 Å². The van der Waals surface area contributed by atoms with Crippen LogP contribution in [0.3, 0.4) is 0 Å². The molecule has 4 N–H and O–H groups in total. The maximum absolute atomic E-state index is 12.4. The number of urea groups is 1. The number of rotatable bonds is 6. The first-order valence-corrected chi connectivity index (χ1v) is 8.77. The van der Waals surface area contributed by atoms with Gasteiger partial charge in [-0.2, -0.15) is 0 Å². The quantitative estimate of drug-likeness (QED) is 0.604. The monoisotopic (exact) mass is 375 g/mol. The van der Waals surface area contributed by atoms with Crippen LogP contribution in [-0.4, -0.2) is 11.9 Å². The minimum Gasteiger partial charge on any atom is -0.457 e. The number of amides is 3. The van der Waals surface area contributed by atoms with Crippen LogP contribution in [0.25, 0.3) is 0 Å². The smallest absolute Gasteiger partial charge is 0.318 e. The van der Waals surface area contributed by atoms with Crippen molar-refractivity contribution in [3.63, 3.8) is 0 Å². The van der Waals surface area contributed by atoms with Gasteiger partial charge in [0.15, 0.2) is 0 Å². The van der Waals surface area contributed by atoms with E-state index in [0.29, 0.717) is 17.0 Å². The van der Waals surface area contributed by atoms with Crippen LogP contribution in [0.2, 0.25) is 0 Å². The first kappa shape index (κ1) is 19.0. The minimum absolute atomic E-state index is 0.529. The van der Waals surface area contributed by atoms with Crippen LogP contribution in [0.4, 0.5) is 10.5 Å². The molecule has 1 atom stereocenters. The predicted molar refractivity (Wildman–Crippen MR) is 108 cm³/mol. The van der Waals surface area contributed by atoms with Crippen molar-refractivity contribution < 1.29 is 14.3 Å². The number of anilines is 1. The number of primary amides is 1. The van der Waals surface area contributed by atoms with Crippen LogP contribution in [0.5, 0.6) is 11.5 Å². The molecule has 0 fully saturated rings. The normalized spacial score (nSPS) is 11.3. The van der Waals surface area contributed by atoms with E-state index in [0.717, 1.165) is 11.3 Å². The molecule has 0 radical (unpaired) electrons. The van der Waals surface area contributed by atoms with Crippen LogP contribution in [0.15, 0.2) is 78.9 Å². The number of carbonyl (C=O) groups is 2. The SMILES string of the molecule is Cc1ccc(Oc2ccc(N[C@H](C(=O)NC(N)=O)c3ccccc3)cc2)cc1. The van der Waals surface area contributed by atoms with Gasteiger partial charge in [0.05, 0.1) is 0 Å². The molecule has 142 valence electrons. The van der Waals surface area contributed by atoms with Crippen molar-refractivity contribution >= 4 is 17.6 Å². The van der Waals surface area contributed by atoms with E-state index in [1.54, 1.807) is 36.4 Å². The summed E-state index contributed by atoms with van der Waals surface area (Å²) in [6.45, 7) is 2.02. The standard InChI is InChI=1S/C22H21N3O3/c1-15-7-11-18(12-8-15)28-19-13-9-17(10-14-19)24-20(21(26)25-22(23)27)16-5-3-2-4-6-16/h2-14,20,24H,1H3,(H3,23,25,26,27)/t20-/m0/s1. The van der Waals surface area contributed by atoms with Gasteiger partial charge in [-0.1, -0.05) is 48.0 Å². The van der Waals surface area contributed by atoms with Gasteiger partial charge in [-0.25, -0.2) is 4.79 Å². The Morgan fingerprint density at radius 3 is 2.00 bits per heavy atom. The maximum atomic E-state index is 12.4. The lowest BCUT2D eigenvalue weighted by Gasteiger charge is -2.19. The van der Waals surface area contributed by atoms with Crippen molar-refractivity contribution in [2.24, 2.45) is 5.73 Å². The van der Waals surface area contributed by atoms with Gasteiger partial charge in [-0.05, 0) is 48.9 Å². The van der Waals surface area contributed by atoms with Gasteiger partial charge in [0.2, 0.25) is 0 Å². The summed E-state index contributed by atoms with van der Waals surface area (Å²) in [4.78, 5) is 23.5. The number of aryl methyl sites for hydroxylation is 1. The van der Waals surface area contributed by atoms with E-state index >= 15 is 0 Å². The summed E-state index contributed by atoms with van der Waals surface area (Å²) in [6, 6.07) is 22.4. The number of benzene rings is 3. The summed E-state index contributed by atoms with van der Waals surface area (Å²) in [6.07, 6.45) is 0. The van der Waals surface area contributed by atoms with E-state index in [-0.39, 0.29) is 0 Å². The second-order valence-corrected chi connectivity index (χ2v) is 6.28. The molecule has 0 saturated carbocycles. The molecule has 6 heteroatoms. The molecule has 0 saturated heterocycles. The summed E-state index contributed by atoms with van der Waals surface area (Å²) in [7, 11) is 0. The molecule has 0 aliphatic carbocycles. The third kappa shape index (κ3) is 5.11. The molecule has 0 bridgehead atoms. The van der Waals surface area contributed by atoms with E-state index < -0.39 is 18.0 Å². The number of imide groups is 1. The largest absolute Gasteiger partial charge is 0.457 e. The predicted octanol–water partition coefficient (Wildman–Crippen LogP) is 4.14. The number of hydrogen-bond acceptors (Lipinski definition) is 4. The zero-order valence-corrected chi connectivity index (χ0v) is 15.4. The fourth-order valence-electron chi connectivity index (χ4n) is 2.67. The van der Waals surface area contributed by atoms with Crippen molar-refractivity contribution in [3.8, 4) is 11.5 Å². The zero-order chi connectivity index (χ0) is 19.9. The highest BCUT2D eigenvalue weighted by Gasteiger charge is 2.21. The maximum Gasteiger partial charge on any atom is 0.318 e. The van der Waals surface area contributed by atoms with Gasteiger partial charge < -0.3 is 15.8 Å². The van der Waals surface area contributed by atoms with E-state index in [1.807, 2.05) is 49.4 Å². The molecule has 0 aliphatic heterocycles. The average Bonchev–Trinajstić information content (AvgIpc) is 2.69. The molecule has 6 nitrogen and oxygen atoms in total. The van der Waals surface area contributed by atoms with Crippen molar-refractivity contribution in [3.05, 3.63) is 90.0 Å². The molecule has 3 aromatic carbocycles. The van der Waals surface area contributed by atoms with Crippen LogP contribution in [0, 0.1) is 6.92 Å². The van der Waals surface area contributed by atoms with Gasteiger partial charge in [0, 0.05) is 5.69 Å². The van der Waals surface area contributed by atoms with Crippen molar-refractivity contribution in [1.29, 1.82) is 0 Å². The number of carbonyl (C=O) groups excluding carboxylic acids is 2. The lowest BCUT2D eigenvalue weighted by Crippen LogP contribution is -2.40. The van der Waals surface area contributed by atoms with E-state index in [2.05, 4.69) is 10.6 Å². The summed E-state index contributed by atoms with van der Waals surface area (Å²) < 4.78 is 5.81. The molecule has 28 heavy (non-hydrogen) atoms. The second-order valence-electron chi connectivity index (χ2n) is 6.28. The molecule has 0 aromatic heterocycles. The molecule has 0 aliphatic rings. The van der Waals surface area contributed by atoms with E-state index in [4.69, 9.17) is 10.5 Å². The summed E-state index contributed by atoms with van der Waals surface area (Å²) >= 11 is 0. The van der Waals surface area contributed by atoms with E-state index in [1.165, 1.54) is 0 Å². The average molecular weight is 375 g/mol. The Labute approximate surface area is 163 Å². The lowest BCUT2D eigenvalue weighted by atomic mass is 10.1. The highest BCUT2D eigenvalue weighted by molar-refractivity contribution is 5.98. The Hall–Kier alpha value is -3.80. The third-order valence-electron chi connectivity index (χ3n) is 4.06. The number of nitrogens with one attached hydrogen (secondary N) is 2. The molecular weight excluding hydrogens is 354 g/mol. The summed E-state index contributed by atoms with van der Waals surface area (Å²) in [5, 5.41) is 5.25.